The first-order valence-electron chi connectivity index (χ1n) is 6.56. The van der Waals surface area contributed by atoms with Gasteiger partial charge in [0.15, 0.2) is 0 Å². The SMILES string of the molecule is c1c2c(nc3c1[C@H]1O[C@H]1[C@@H]1O[C@H]31)[C@H]1O[C@H]1[C@@H]1O[C@H]21. The third-order valence-corrected chi connectivity index (χ3v) is 5.05. The number of rotatable bonds is 0. The third kappa shape index (κ3) is 0.739. The molecule has 0 radical (unpaired) electrons. The molecule has 0 bridgehead atoms. The molecule has 18 heavy (non-hydrogen) atoms. The molecule has 5 heterocycles. The van der Waals surface area contributed by atoms with Gasteiger partial charge < -0.3 is 18.9 Å². The maximum Gasteiger partial charge on any atom is 0.129 e. The van der Waals surface area contributed by atoms with E-state index in [1.807, 2.05) is 0 Å². The van der Waals surface area contributed by atoms with Gasteiger partial charge in [0.25, 0.3) is 0 Å². The van der Waals surface area contributed by atoms with Crippen molar-refractivity contribution in [1.29, 1.82) is 0 Å². The van der Waals surface area contributed by atoms with Gasteiger partial charge in [0.1, 0.15) is 48.8 Å². The highest BCUT2D eigenvalue weighted by Gasteiger charge is 2.68. The van der Waals surface area contributed by atoms with Gasteiger partial charge in [0.05, 0.1) is 11.4 Å². The van der Waals surface area contributed by atoms with Gasteiger partial charge >= 0.3 is 0 Å². The number of hydrogen-bond acceptors (Lipinski definition) is 5. The number of pyridine rings is 1. The fourth-order valence-electron chi connectivity index (χ4n) is 3.92. The maximum atomic E-state index is 5.70. The first-order chi connectivity index (χ1) is 8.90. The molecule has 4 saturated heterocycles. The van der Waals surface area contributed by atoms with Crippen molar-refractivity contribution in [2.45, 2.75) is 48.8 Å². The van der Waals surface area contributed by atoms with Crippen LogP contribution in [0, 0.1) is 0 Å². The molecule has 0 aromatic carbocycles. The topological polar surface area (TPSA) is 63.0 Å². The molecule has 2 aliphatic carbocycles. The summed E-state index contributed by atoms with van der Waals surface area (Å²) in [4.78, 5) is 4.84. The zero-order valence-electron chi connectivity index (χ0n) is 9.28. The molecule has 90 valence electrons. The van der Waals surface area contributed by atoms with Crippen LogP contribution < -0.4 is 0 Å². The Balaban J connectivity index is 1.52. The van der Waals surface area contributed by atoms with E-state index in [4.69, 9.17) is 23.9 Å². The van der Waals surface area contributed by atoms with E-state index in [0.717, 1.165) is 11.4 Å². The number of ether oxygens (including phenoxy) is 4. The van der Waals surface area contributed by atoms with Gasteiger partial charge in [-0.2, -0.15) is 0 Å². The monoisotopic (exact) mass is 243 g/mol. The van der Waals surface area contributed by atoms with Gasteiger partial charge in [-0.15, -0.1) is 0 Å². The van der Waals surface area contributed by atoms with Gasteiger partial charge in [0, 0.05) is 11.1 Å². The maximum absolute atomic E-state index is 5.70. The number of nitrogens with zero attached hydrogens (tertiary/aromatic N) is 1. The minimum atomic E-state index is 0.170. The second kappa shape index (κ2) is 2.14. The summed E-state index contributed by atoms with van der Waals surface area (Å²) in [6, 6.07) is 2.24. The number of epoxide rings is 4. The fraction of sp³-hybridized carbons (Fsp3) is 0.615. The van der Waals surface area contributed by atoms with Gasteiger partial charge in [-0.3, -0.25) is 4.98 Å². The predicted octanol–water partition coefficient (Wildman–Crippen LogP) is 0.868. The molecule has 0 unspecified atom stereocenters. The van der Waals surface area contributed by atoms with Crippen LogP contribution in [0.3, 0.4) is 0 Å². The Morgan fingerprint density at radius 1 is 0.667 bits per heavy atom. The minimum absolute atomic E-state index is 0.170. The molecule has 5 nitrogen and oxygen atoms in total. The van der Waals surface area contributed by atoms with Crippen molar-refractivity contribution < 1.29 is 18.9 Å². The van der Waals surface area contributed by atoms with Crippen LogP contribution in [0.4, 0.5) is 0 Å². The van der Waals surface area contributed by atoms with Crippen LogP contribution in [0.15, 0.2) is 6.07 Å². The van der Waals surface area contributed by atoms with Gasteiger partial charge in [0.2, 0.25) is 0 Å². The molecular weight excluding hydrogens is 234 g/mol. The molecule has 6 aliphatic rings. The van der Waals surface area contributed by atoms with Crippen LogP contribution in [-0.4, -0.2) is 29.4 Å². The summed E-state index contributed by atoms with van der Waals surface area (Å²) in [7, 11) is 0. The standard InChI is InChI=1S/C13H9NO4/c1-2-4(8-12(17-8)10-6(2)15-10)14-5-3(1)7-11(16-7)13-9(5)18-13/h1,6-13H/t6-,7-,8-,9-,10-,11-,12-,13-/m1/s1. The first kappa shape index (κ1) is 8.22. The summed E-state index contributed by atoms with van der Waals surface area (Å²) >= 11 is 0. The van der Waals surface area contributed by atoms with Crippen molar-refractivity contribution in [3.63, 3.8) is 0 Å². The van der Waals surface area contributed by atoms with E-state index in [2.05, 4.69) is 6.07 Å². The van der Waals surface area contributed by atoms with E-state index in [1.54, 1.807) is 0 Å². The van der Waals surface area contributed by atoms with Gasteiger partial charge in [-0.1, -0.05) is 0 Å². The largest absolute Gasteiger partial charge is 0.361 e. The molecule has 0 spiro atoms. The number of fused-ring (bicyclic) bond motifs is 12. The Morgan fingerprint density at radius 3 is 1.67 bits per heavy atom. The molecule has 8 atom stereocenters. The highest BCUT2D eigenvalue weighted by molar-refractivity contribution is 5.47. The van der Waals surface area contributed by atoms with Crippen molar-refractivity contribution in [2.24, 2.45) is 0 Å². The summed E-state index contributed by atoms with van der Waals surface area (Å²) in [5, 5.41) is 0. The molecule has 4 fully saturated rings. The molecular formula is C13H9NO4. The quantitative estimate of drug-likeness (QED) is 0.632. The number of aromatic nitrogens is 1. The molecule has 4 aliphatic heterocycles. The molecule has 0 N–H and O–H groups in total. The van der Waals surface area contributed by atoms with Crippen molar-refractivity contribution in [3.05, 3.63) is 28.6 Å². The smallest absolute Gasteiger partial charge is 0.129 e. The summed E-state index contributed by atoms with van der Waals surface area (Å²) in [6.07, 6.45) is 1.87. The fourth-order valence-corrected chi connectivity index (χ4v) is 3.92. The Kier molecular flexibility index (Phi) is 0.976. The average Bonchev–Trinajstić information content (AvgIpc) is 3.25. The number of hydrogen-bond donors (Lipinski definition) is 0. The third-order valence-electron chi connectivity index (χ3n) is 5.05. The zero-order chi connectivity index (χ0) is 11.2. The zero-order valence-corrected chi connectivity index (χ0v) is 9.28. The van der Waals surface area contributed by atoms with Crippen molar-refractivity contribution in [1.82, 2.24) is 4.98 Å². The van der Waals surface area contributed by atoms with E-state index in [1.165, 1.54) is 11.1 Å². The second-order valence-electron chi connectivity index (χ2n) is 6.02. The summed E-state index contributed by atoms with van der Waals surface area (Å²) in [6.45, 7) is 0. The molecule has 0 amide bonds. The van der Waals surface area contributed by atoms with E-state index < -0.39 is 0 Å². The highest BCUT2D eigenvalue weighted by atomic mass is 16.7. The van der Waals surface area contributed by atoms with Crippen LogP contribution in [0.1, 0.15) is 46.9 Å². The highest BCUT2D eigenvalue weighted by Crippen LogP contribution is 2.64. The van der Waals surface area contributed by atoms with E-state index in [0.29, 0.717) is 0 Å². The lowest BCUT2D eigenvalue weighted by molar-refractivity contribution is 0.299. The lowest BCUT2D eigenvalue weighted by Crippen LogP contribution is -2.15. The minimum Gasteiger partial charge on any atom is -0.361 e. The molecule has 5 heteroatoms. The van der Waals surface area contributed by atoms with Gasteiger partial charge in [-0.05, 0) is 6.07 Å². The summed E-state index contributed by atoms with van der Waals surface area (Å²) in [5.41, 5.74) is 4.63. The molecule has 0 saturated carbocycles. The van der Waals surface area contributed by atoms with Crippen LogP contribution in [0.5, 0.6) is 0 Å². The molecule has 1 aromatic heterocycles. The Labute approximate surface area is 102 Å². The first-order valence-corrected chi connectivity index (χ1v) is 6.56. The van der Waals surface area contributed by atoms with Crippen LogP contribution in [-0.2, 0) is 18.9 Å². The predicted molar refractivity (Wildman–Crippen MR) is 54.7 cm³/mol. The van der Waals surface area contributed by atoms with Crippen LogP contribution >= 0.6 is 0 Å². The lowest BCUT2D eigenvalue weighted by atomic mass is 9.89. The molecule has 7 rings (SSSR count). The Morgan fingerprint density at radius 2 is 1.11 bits per heavy atom. The van der Waals surface area contributed by atoms with Crippen molar-refractivity contribution in [2.75, 3.05) is 0 Å². The lowest BCUT2D eigenvalue weighted by Gasteiger charge is -2.14. The van der Waals surface area contributed by atoms with Crippen LogP contribution in [0.25, 0.3) is 0 Å². The Bertz CT molecular complexity index is 540. The van der Waals surface area contributed by atoms with Gasteiger partial charge in [-0.25, -0.2) is 0 Å². The van der Waals surface area contributed by atoms with Crippen LogP contribution in [0.2, 0.25) is 0 Å². The summed E-state index contributed by atoms with van der Waals surface area (Å²) in [5.74, 6) is 0. The van der Waals surface area contributed by atoms with E-state index in [-0.39, 0.29) is 48.8 Å². The normalized spacial score (nSPS) is 58.2. The second-order valence-corrected chi connectivity index (χ2v) is 6.02. The average molecular weight is 243 g/mol. The van der Waals surface area contributed by atoms with E-state index in [9.17, 15) is 0 Å². The molecule has 1 aromatic rings. The Hall–Kier alpha value is -1.01. The van der Waals surface area contributed by atoms with E-state index >= 15 is 0 Å². The van der Waals surface area contributed by atoms with Crippen molar-refractivity contribution in [3.8, 4) is 0 Å². The van der Waals surface area contributed by atoms with Crippen molar-refractivity contribution >= 4 is 0 Å². The summed E-state index contributed by atoms with van der Waals surface area (Å²) < 4.78 is 22.7.